The van der Waals surface area contributed by atoms with Crippen LogP contribution in [0.3, 0.4) is 0 Å². The molecule has 0 spiro atoms. The van der Waals surface area contributed by atoms with Crippen LogP contribution in [0.15, 0.2) is 130 Å². The van der Waals surface area contributed by atoms with Crippen molar-refractivity contribution in [3.05, 3.63) is 141 Å². The molecule has 0 saturated heterocycles. The van der Waals surface area contributed by atoms with Crippen molar-refractivity contribution in [2.24, 2.45) is 0 Å². The summed E-state index contributed by atoms with van der Waals surface area (Å²) in [6.07, 6.45) is 12.3. The van der Waals surface area contributed by atoms with Gasteiger partial charge in [0.15, 0.2) is 0 Å². The highest BCUT2D eigenvalue weighted by Crippen LogP contribution is 2.38. The number of aromatic nitrogens is 2. The maximum absolute atomic E-state index is 3.75. The zero-order valence-corrected chi connectivity index (χ0v) is 33.4. The van der Waals surface area contributed by atoms with Crippen molar-refractivity contribution in [3.8, 4) is 22.5 Å². The number of para-hydroxylation sites is 2. The van der Waals surface area contributed by atoms with E-state index in [-0.39, 0.29) is 0 Å². The Kier molecular flexibility index (Phi) is 10.4. The first-order valence-corrected chi connectivity index (χ1v) is 20.8. The fourth-order valence-electron chi connectivity index (χ4n) is 8.25. The third-order valence-electron chi connectivity index (χ3n) is 10.8. The molecule has 0 N–H and O–H groups in total. The van der Waals surface area contributed by atoms with Crippen molar-refractivity contribution >= 4 is 75.5 Å². The maximum Gasteiger partial charge on any atom is 0.0573 e. The number of hydrogen-bond donors (Lipinski definition) is 0. The molecule has 0 fully saturated rings. The summed E-state index contributed by atoms with van der Waals surface area (Å²) in [4.78, 5) is 0. The number of rotatable bonds is 13. The van der Waals surface area contributed by atoms with Gasteiger partial charge in [0.25, 0.3) is 0 Å². The van der Waals surface area contributed by atoms with E-state index in [0.717, 1.165) is 21.8 Å². The van der Waals surface area contributed by atoms with E-state index in [1.165, 1.54) is 129 Å². The van der Waals surface area contributed by atoms with Gasteiger partial charge in [0.05, 0.1) is 22.1 Å². The van der Waals surface area contributed by atoms with Gasteiger partial charge < -0.3 is 9.13 Å². The summed E-state index contributed by atoms with van der Waals surface area (Å²) in [5.41, 5.74) is 12.9. The van der Waals surface area contributed by atoms with E-state index in [1.807, 2.05) is 0 Å². The average Bonchev–Trinajstić information content (AvgIpc) is 3.68. The highest BCUT2D eigenvalue weighted by molar-refractivity contribution is 9.10. The predicted molar refractivity (Wildman–Crippen MR) is 232 cm³/mol. The van der Waals surface area contributed by atoms with Crippen LogP contribution in [-0.2, 0) is 12.8 Å². The molecular weight excluding hydrogens is 764 g/mol. The highest BCUT2D eigenvalue weighted by Gasteiger charge is 2.18. The van der Waals surface area contributed by atoms with Gasteiger partial charge in [-0.2, -0.15) is 0 Å². The second-order valence-electron chi connectivity index (χ2n) is 14.3. The van der Waals surface area contributed by atoms with Crippen molar-refractivity contribution < 1.29 is 0 Å². The second-order valence-corrected chi connectivity index (χ2v) is 16.2. The number of nitrogens with zero attached hydrogens (tertiary/aromatic N) is 2. The van der Waals surface area contributed by atoms with Gasteiger partial charge in [0, 0.05) is 41.9 Å². The van der Waals surface area contributed by atoms with Gasteiger partial charge in [0.2, 0.25) is 0 Å². The monoisotopic (exact) mass is 808 g/mol. The van der Waals surface area contributed by atoms with Crippen molar-refractivity contribution in [2.45, 2.75) is 78.1 Å². The number of aryl methyl sites for hydroxylation is 2. The van der Waals surface area contributed by atoms with Crippen LogP contribution in [0.1, 0.15) is 76.3 Å². The molecule has 2 heterocycles. The minimum Gasteiger partial charge on any atom is -0.309 e. The molecular formula is C48H46Br2N2. The maximum atomic E-state index is 3.75. The Bertz CT molecular complexity index is 2320. The predicted octanol–water partition coefficient (Wildman–Crippen LogP) is 15.3. The summed E-state index contributed by atoms with van der Waals surface area (Å²) in [5.74, 6) is 0. The first kappa shape index (κ1) is 34.9. The molecule has 0 aliphatic heterocycles. The Morgan fingerprint density at radius 1 is 0.423 bits per heavy atom. The summed E-state index contributed by atoms with van der Waals surface area (Å²) in [5, 5.41) is 5.23. The molecule has 0 amide bonds. The Hall–Kier alpha value is -4.12. The summed E-state index contributed by atoms with van der Waals surface area (Å²) in [6, 6.07) is 45.5. The third-order valence-corrected chi connectivity index (χ3v) is 11.8. The van der Waals surface area contributed by atoms with Gasteiger partial charge in [0.1, 0.15) is 0 Å². The summed E-state index contributed by atoms with van der Waals surface area (Å²) < 4.78 is 7.20. The van der Waals surface area contributed by atoms with E-state index in [9.17, 15) is 0 Å². The number of fused-ring (bicyclic) bond motifs is 6. The lowest BCUT2D eigenvalue weighted by Gasteiger charge is -2.14. The quantitative estimate of drug-likeness (QED) is 0.103. The van der Waals surface area contributed by atoms with Gasteiger partial charge in [-0.3, -0.25) is 0 Å². The molecule has 0 atom stereocenters. The Balaban J connectivity index is 1.16. The summed E-state index contributed by atoms with van der Waals surface area (Å²) in [6.45, 7) is 4.57. The smallest absolute Gasteiger partial charge is 0.0573 e. The Morgan fingerprint density at radius 3 is 1.25 bits per heavy atom. The zero-order chi connectivity index (χ0) is 35.6. The van der Waals surface area contributed by atoms with Crippen LogP contribution in [-0.4, -0.2) is 9.13 Å². The molecule has 6 aromatic carbocycles. The molecule has 2 nitrogen and oxygen atoms in total. The second kappa shape index (κ2) is 15.5. The molecule has 8 rings (SSSR count). The van der Waals surface area contributed by atoms with Crippen LogP contribution < -0.4 is 0 Å². The average molecular weight is 811 g/mol. The molecule has 4 heteroatoms. The van der Waals surface area contributed by atoms with Gasteiger partial charge in [-0.1, -0.05) is 145 Å². The molecule has 0 saturated carbocycles. The van der Waals surface area contributed by atoms with Gasteiger partial charge in [-0.25, -0.2) is 0 Å². The largest absolute Gasteiger partial charge is 0.309 e. The lowest BCUT2D eigenvalue weighted by atomic mass is 10.0. The van der Waals surface area contributed by atoms with Crippen LogP contribution in [0.5, 0.6) is 0 Å². The first-order chi connectivity index (χ1) is 25.6. The minimum atomic E-state index is 1.10. The van der Waals surface area contributed by atoms with Crippen molar-refractivity contribution in [1.29, 1.82) is 0 Å². The highest BCUT2D eigenvalue weighted by atomic mass is 79.9. The van der Waals surface area contributed by atoms with Crippen molar-refractivity contribution in [1.82, 2.24) is 9.13 Å². The van der Waals surface area contributed by atoms with Gasteiger partial charge >= 0.3 is 0 Å². The molecule has 0 bridgehead atoms. The van der Waals surface area contributed by atoms with Crippen molar-refractivity contribution in [3.63, 3.8) is 0 Å². The molecule has 0 radical (unpaired) electrons. The van der Waals surface area contributed by atoms with E-state index < -0.39 is 0 Å². The van der Waals surface area contributed by atoms with E-state index in [4.69, 9.17) is 0 Å². The standard InChI is InChI=1S/C48H46Br2N2/c1-3-5-7-9-13-35-15-11-17-41-43-31-37(49)23-29-45(43)51(47(35)41)39-25-19-33(20-26-39)34-21-27-40(28-22-34)52-46-30-24-38(50)32-44(46)42-18-12-16-36(48(42)52)14-10-8-6-4-2/h11-12,15-32H,3-10,13-14H2,1-2H3. The Labute approximate surface area is 324 Å². The molecule has 262 valence electrons. The molecule has 0 aliphatic carbocycles. The number of benzene rings is 6. The molecule has 2 aromatic heterocycles. The SMILES string of the molecule is CCCCCCc1cccc2c3cc(Br)ccc3n(-c3ccc(-c4ccc(-n5c6ccc(Br)cc6c6cccc(CCCCCC)c65)cc4)cc3)c12. The number of halogens is 2. The summed E-state index contributed by atoms with van der Waals surface area (Å²) >= 11 is 7.49. The van der Waals surface area contributed by atoms with Crippen LogP contribution in [0, 0.1) is 0 Å². The lowest BCUT2D eigenvalue weighted by molar-refractivity contribution is 0.668. The van der Waals surface area contributed by atoms with Gasteiger partial charge in [-0.15, -0.1) is 0 Å². The number of hydrogen-bond acceptors (Lipinski definition) is 0. The van der Waals surface area contributed by atoms with E-state index in [0.29, 0.717) is 0 Å². The molecule has 8 aromatic rings. The first-order valence-electron chi connectivity index (χ1n) is 19.2. The topological polar surface area (TPSA) is 9.86 Å². The van der Waals surface area contributed by atoms with E-state index in [1.54, 1.807) is 0 Å². The molecule has 0 aliphatic rings. The lowest BCUT2D eigenvalue weighted by Crippen LogP contribution is -1.98. The van der Waals surface area contributed by atoms with Crippen LogP contribution in [0.25, 0.3) is 66.1 Å². The van der Waals surface area contributed by atoms with Gasteiger partial charge in [-0.05, 0) is 109 Å². The third kappa shape index (κ3) is 6.65. The number of unbranched alkanes of at least 4 members (excludes halogenated alkanes) is 6. The fraction of sp³-hybridized carbons (Fsp3) is 0.250. The normalized spacial score (nSPS) is 11.8. The Morgan fingerprint density at radius 2 is 0.846 bits per heavy atom. The van der Waals surface area contributed by atoms with E-state index >= 15 is 0 Å². The van der Waals surface area contributed by atoms with Crippen LogP contribution >= 0.6 is 31.9 Å². The summed E-state index contributed by atoms with van der Waals surface area (Å²) in [7, 11) is 0. The molecule has 0 unspecified atom stereocenters. The fourth-order valence-corrected chi connectivity index (χ4v) is 8.98. The van der Waals surface area contributed by atoms with E-state index in [2.05, 4.69) is 176 Å². The van der Waals surface area contributed by atoms with Crippen molar-refractivity contribution in [2.75, 3.05) is 0 Å². The minimum absolute atomic E-state index is 1.10. The molecule has 52 heavy (non-hydrogen) atoms. The zero-order valence-electron chi connectivity index (χ0n) is 30.3. The van der Waals surface area contributed by atoms with Crippen LogP contribution in [0.4, 0.5) is 0 Å². The van der Waals surface area contributed by atoms with Crippen LogP contribution in [0.2, 0.25) is 0 Å².